The number of hydrogen-bond donors (Lipinski definition) is 2. The average molecular weight is 338 g/mol. The zero-order valence-electron chi connectivity index (χ0n) is 13.5. The molecule has 132 valence electrons. The van der Waals surface area contributed by atoms with Gasteiger partial charge in [0.2, 0.25) is 0 Å². The van der Waals surface area contributed by atoms with Gasteiger partial charge in [-0.3, -0.25) is 0 Å². The summed E-state index contributed by atoms with van der Waals surface area (Å²) in [5.74, 6) is -0.0359. The number of ether oxygens (including phenoxy) is 2. The Balaban J connectivity index is 1.64. The second-order valence-corrected chi connectivity index (χ2v) is 6.26. The van der Waals surface area contributed by atoms with E-state index in [1.807, 2.05) is 0 Å². The van der Waals surface area contributed by atoms with Gasteiger partial charge in [0.15, 0.2) is 0 Å². The first-order chi connectivity index (χ1) is 11.6. The molecule has 2 saturated heterocycles. The van der Waals surface area contributed by atoms with Crippen molar-refractivity contribution in [3.05, 3.63) is 24.0 Å². The minimum absolute atomic E-state index is 0.0378. The van der Waals surface area contributed by atoms with Crippen molar-refractivity contribution in [3.63, 3.8) is 0 Å². The van der Waals surface area contributed by atoms with Crippen LogP contribution >= 0.6 is 0 Å². The fourth-order valence-electron chi connectivity index (χ4n) is 3.02. The average Bonchev–Trinajstić information content (AvgIpc) is 3.07. The first-order valence-corrected chi connectivity index (χ1v) is 8.40. The quantitative estimate of drug-likeness (QED) is 0.884. The van der Waals surface area contributed by atoms with E-state index in [0.29, 0.717) is 25.3 Å². The molecule has 0 aliphatic carbocycles. The highest BCUT2D eigenvalue weighted by atomic mass is 19.1. The Labute approximate surface area is 140 Å². The van der Waals surface area contributed by atoms with Gasteiger partial charge in [-0.25, -0.2) is 9.18 Å². The number of β-amino-alcohol motifs (C(OH)–C–C–N with tert-alkyl or cyclic N) is 1. The number of rotatable bonds is 4. The molecule has 2 heterocycles. The van der Waals surface area contributed by atoms with Gasteiger partial charge in [-0.15, -0.1) is 0 Å². The molecule has 7 heteroatoms. The number of aliphatic hydroxyl groups is 1. The third kappa shape index (κ3) is 4.36. The van der Waals surface area contributed by atoms with Gasteiger partial charge in [-0.05, 0) is 37.8 Å². The van der Waals surface area contributed by atoms with Crippen molar-refractivity contribution in [2.24, 2.45) is 0 Å². The van der Waals surface area contributed by atoms with E-state index < -0.39 is 11.9 Å². The summed E-state index contributed by atoms with van der Waals surface area (Å²) in [5, 5.41) is 12.4. The number of aliphatic hydroxyl groups excluding tert-OH is 1. The molecule has 2 amide bonds. The lowest BCUT2D eigenvalue weighted by atomic mass is 10.1. The van der Waals surface area contributed by atoms with Gasteiger partial charge in [0.05, 0.1) is 17.9 Å². The fourth-order valence-corrected chi connectivity index (χ4v) is 3.02. The van der Waals surface area contributed by atoms with Gasteiger partial charge in [0.25, 0.3) is 0 Å². The van der Waals surface area contributed by atoms with E-state index in [1.54, 1.807) is 0 Å². The third-order valence-corrected chi connectivity index (χ3v) is 4.32. The molecule has 0 aromatic heterocycles. The van der Waals surface area contributed by atoms with Crippen LogP contribution in [0, 0.1) is 5.82 Å². The van der Waals surface area contributed by atoms with E-state index in [2.05, 4.69) is 5.32 Å². The Morgan fingerprint density at radius 1 is 1.42 bits per heavy atom. The third-order valence-electron chi connectivity index (χ3n) is 4.32. The summed E-state index contributed by atoms with van der Waals surface area (Å²) in [7, 11) is 0. The highest BCUT2D eigenvalue weighted by Gasteiger charge is 2.23. The largest absolute Gasteiger partial charge is 0.489 e. The Kier molecular flexibility index (Phi) is 5.52. The molecular weight excluding hydrogens is 315 g/mol. The lowest BCUT2D eigenvalue weighted by Gasteiger charge is -2.30. The van der Waals surface area contributed by atoms with Crippen LogP contribution in [0.25, 0.3) is 0 Å². The summed E-state index contributed by atoms with van der Waals surface area (Å²) < 4.78 is 24.8. The standard InChI is InChI=1S/C17H23FN2O4/c18-12-5-6-16(24-11-14-4-2-8-23-14)15(9-12)19-17(22)20-7-1-3-13(21)10-20/h5-6,9,13-14,21H,1-4,7-8,10-11H2,(H,19,22). The minimum atomic E-state index is -0.507. The number of carbonyl (C=O) groups is 1. The predicted octanol–water partition coefficient (Wildman–Crippen LogP) is 2.37. The summed E-state index contributed by atoms with van der Waals surface area (Å²) in [4.78, 5) is 13.9. The fraction of sp³-hybridized carbons (Fsp3) is 0.588. The lowest BCUT2D eigenvalue weighted by Crippen LogP contribution is -2.44. The molecule has 6 nitrogen and oxygen atoms in total. The Morgan fingerprint density at radius 2 is 2.29 bits per heavy atom. The molecule has 3 rings (SSSR count). The molecular formula is C17H23FN2O4. The summed E-state index contributed by atoms with van der Waals surface area (Å²) in [6.45, 7) is 1.97. The van der Waals surface area contributed by atoms with E-state index in [4.69, 9.17) is 9.47 Å². The zero-order chi connectivity index (χ0) is 16.9. The van der Waals surface area contributed by atoms with Crippen LogP contribution in [0.2, 0.25) is 0 Å². The van der Waals surface area contributed by atoms with Gasteiger partial charge < -0.3 is 24.8 Å². The maximum absolute atomic E-state index is 13.6. The number of nitrogens with zero attached hydrogens (tertiary/aromatic N) is 1. The molecule has 2 atom stereocenters. The maximum atomic E-state index is 13.6. The number of carbonyl (C=O) groups excluding carboxylic acids is 1. The van der Waals surface area contributed by atoms with Crippen LogP contribution in [0.5, 0.6) is 5.75 Å². The molecule has 1 aromatic carbocycles. The molecule has 2 aliphatic heterocycles. The number of amides is 2. The first-order valence-electron chi connectivity index (χ1n) is 8.40. The summed E-state index contributed by atoms with van der Waals surface area (Å²) in [6.07, 6.45) is 2.93. The Morgan fingerprint density at radius 3 is 3.04 bits per heavy atom. The number of benzene rings is 1. The van der Waals surface area contributed by atoms with Crippen LogP contribution in [0.3, 0.4) is 0 Å². The Hall–Kier alpha value is -1.86. The molecule has 2 N–H and O–H groups in total. The zero-order valence-corrected chi connectivity index (χ0v) is 13.5. The monoisotopic (exact) mass is 338 g/mol. The lowest BCUT2D eigenvalue weighted by molar-refractivity contribution is 0.0681. The highest BCUT2D eigenvalue weighted by molar-refractivity contribution is 5.91. The number of halogens is 1. The van der Waals surface area contributed by atoms with Crippen molar-refractivity contribution in [2.75, 3.05) is 31.6 Å². The number of likely N-dealkylation sites (tertiary alicyclic amines) is 1. The van der Waals surface area contributed by atoms with Crippen LogP contribution in [0.1, 0.15) is 25.7 Å². The van der Waals surface area contributed by atoms with Gasteiger partial charge in [0, 0.05) is 25.8 Å². The molecule has 0 bridgehead atoms. The molecule has 24 heavy (non-hydrogen) atoms. The molecule has 1 aromatic rings. The molecule has 0 spiro atoms. The van der Waals surface area contributed by atoms with E-state index in [9.17, 15) is 14.3 Å². The second-order valence-electron chi connectivity index (χ2n) is 6.26. The van der Waals surface area contributed by atoms with E-state index in [1.165, 1.54) is 23.1 Å². The maximum Gasteiger partial charge on any atom is 0.322 e. The van der Waals surface area contributed by atoms with Crippen molar-refractivity contribution in [1.82, 2.24) is 4.90 Å². The summed E-state index contributed by atoms with van der Waals surface area (Å²) >= 11 is 0. The molecule has 2 unspecified atom stereocenters. The number of anilines is 1. The van der Waals surface area contributed by atoms with Gasteiger partial charge in [0.1, 0.15) is 18.2 Å². The summed E-state index contributed by atoms with van der Waals surface area (Å²) in [6, 6.07) is 3.68. The van der Waals surface area contributed by atoms with Crippen molar-refractivity contribution in [1.29, 1.82) is 0 Å². The first kappa shape index (κ1) is 17.0. The van der Waals surface area contributed by atoms with Crippen LogP contribution in [-0.2, 0) is 4.74 Å². The van der Waals surface area contributed by atoms with Crippen LogP contribution < -0.4 is 10.1 Å². The number of urea groups is 1. The normalized spacial score (nSPS) is 24.0. The number of piperidine rings is 1. The summed E-state index contributed by atoms with van der Waals surface area (Å²) in [5.41, 5.74) is 0.290. The molecule has 2 aliphatic rings. The van der Waals surface area contributed by atoms with Crippen LogP contribution in [0.4, 0.5) is 14.9 Å². The molecule has 0 radical (unpaired) electrons. The van der Waals surface area contributed by atoms with Gasteiger partial charge in [-0.1, -0.05) is 0 Å². The van der Waals surface area contributed by atoms with Gasteiger partial charge in [-0.2, -0.15) is 0 Å². The van der Waals surface area contributed by atoms with Gasteiger partial charge >= 0.3 is 6.03 Å². The number of nitrogens with one attached hydrogen (secondary N) is 1. The van der Waals surface area contributed by atoms with E-state index in [-0.39, 0.29) is 24.4 Å². The Bertz CT molecular complexity index is 578. The van der Waals surface area contributed by atoms with Crippen LogP contribution in [0.15, 0.2) is 18.2 Å². The number of hydrogen-bond acceptors (Lipinski definition) is 4. The molecule has 2 fully saturated rings. The highest BCUT2D eigenvalue weighted by Crippen LogP contribution is 2.27. The van der Waals surface area contributed by atoms with Crippen LogP contribution in [-0.4, -0.2) is 54.5 Å². The topological polar surface area (TPSA) is 71.0 Å². The van der Waals surface area contributed by atoms with Crippen molar-refractivity contribution in [3.8, 4) is 5.75 Å². The minimum Gasteiger partial charge on any atom is -0.489 e. The van der Waals surface area contributed by atoms with Crippen molar-refractivity contribution < 1.29 is 23.8 Å². The van der Waals surface area contributed by atoms with E-state index >= 15 is 0 Å². The second kappa shape index (κ2) is 7.81. The van der Waals surface area contributed by atoms with Crippen molar-refractivity contribution in [2.45, 2.75) is 37.9 Å². The van der Waals surface area contributed by atoms with E-state index in [0.717, 1.165) is 25.9 Å². The van der Waals surface area contributed by atoms with Crippen molar-refractivity contribution >= 4 is 11.7 Å². The smallest absolute Gasteiger partial charge is 0.322 e. The molecule has 0 saturated carbocycles. The predicted molar refractivity (Wildman–Crippen MR) is 86.7 cm³/mol. The SMILES string of the molecule is O=C(Nc1cc(F)ccc1OCC1CCCO1)N1CCCC(O)C1.